The normalized spacial score (nSPS) is 11.1. The first kappa shape index (κ1) is 18.9. The zero-order chi connectivity index (χ0) is 18.8. The highest BCUT2D eigenvalue weighted by Gasteiger charge is 2.26. The largest absolute Gasteiger partial charge is 0.495 e. The minimum absolute atomic E-state index is 0.121. The summed E-state index contributed by atoms with van der Waals surface area (Å²) in [6, 6.07) is 8.29. The molecule has 0 saturated heterocycles. The van der Waals surface area contributed by atoms with Crippen molar-refractivity contribution in [2.45, 2.75) is 18.7 Å². The zero-order valence-corrected chi connectivity index (χ0v) is 16.1. The fourth-order valence-corrected chi connectivity index (χ4v) is 3.84. The fourth-order valence-electron chi connectivity index (χ4n) is 2.43. The summed E-state index contributed by atoms with van der Waals surface area (Å²) >= 11 is 0. The maximum atomic E-state index is 13.1. The summed E-state index contributed by atoms with van der Waals surface area (Å²) in [6.07, 6.45) is 0. The van der Waals surface area contributed by atoms with Gasteiger partial charge in [0.15, 0.2) is 11.5 Å². The van der Waals surface area contributed by atoms with Gasteiger partial charge in [-0.25, -0.2) is 8.42 Å². The van der Waals surface area contributed by atoms with Gasteiger partial charge in [-0.3, -0.25) is 4.31 Å². The topological polar surface area (TPSA) is 65.1 Å². The Bertz CT molecular complexity index is 877. The molecule has 0 unspecified atom stereocenters. The van der Waals surface area contributed by atoms with Gasteiger partial charge >= 0.3 is 0 Å². The van der Waals surface area contributed by atoms with E-state index in [1.165, 1.54) is 32.7 Å². The number of aryl methyl sites for hydroxylation is 2. The minimum atomic E-state index is -3.81. The summed E-state index contributed by atoms with van der Waals surface area (Å²) in [4.78, 5) is 0.121. The van der Waals surface area contributed by atoms with Gasteiger partial charge in [0.25, 0.3) is 10.0 Å². The van der Waals surface area contributed by atoms with Crippen LogP contribution < -0.4 is 18.5 Å². The lowest BCUT2D eigenvalue weighted by Gasteiger charge is -2.22. The third kappa shape index (κ3) is 3.51. The average Bonchev–Trinajstić information content (AvgIpc) is 2.62. The van der Waals surface area contributed by atoms with E-state index in [1.807, 2.05) is 13.8 Å². The smallest absolute Gasteiger partial charge is 0.267 e. The molecule has 7 heteroatoms. The van der Waals surface area contributed by atoms with E-state index in [0.29, 0.717) is 22.9 Å². The van der Waals surface area contributed by atoms with E-state index in [1.54, 1.807) is 30.3 Å². The maximum absolute atomic E-state index is 13.1. The van der Waals surface area contributed by atoms with E-state index < -0.39 is 10.0 Å². The maximum Gasteiger partial charge on any atom is 0.267 e. The molecule has 136 valence electrons. The molecule has 0 bridgehead atoms. The Labute approximate surface area is 149 Å². The highest BCUT2D eigenvalue weighted by Crippen LogP contribution is 2.35. The standard InChI is InChI=1S/C18H23NO5S/c1-12-9-17(24-6)18(10-13(12)2)25(20,21)19(3)14-7-8-15(22-4)16(11-14)23-5/h7-11H,1-6H3. The van der Waals surface area contributed by atoms with Crippen LogP contribution in [0, 0.1) is 13.8 Å². The van der Waals surface area contributed by atoms with Crippen molar-refractivity contribution in [1.29, 1.82) is 0 Å². The molecule has 0 N–H and O–H groups in total. The molecule has 0 aliphatic rings. The van der Waals surface area contributed by atoms with Gasteiger partial charge in [0.05, 0.1) is 27.0 Å². The predicted octanol–water partition coefficient (Wildman–Crippen LogP) is 3.15. The van der Waals surface area contributed by atoms with Gasteiger partial charge in [-0.2, -0.15) is 0 Å². The second-order valence-corrected chi connectivity index (χ2v) is 7.54. The number of anilines is 1. The van der Waals surface area contributed by atoms with Crippen LogP contribution in [0.4, 0.5) is 5.69 Å². The van der Waals surface area contributed by atoms with Crippen molar-refractivity contribution in [2.75, 3.05) is 32.7 Å². The van der Waals surface area contributed by atoms with Crippen LogP contribution in [0.2, 0.25) is 0 Å². The summed E-state index contributed by atoms with van der Waals surface area (Å²) < 4.78 is 43.1. The van der Waals surface area contributed by atoms with Crippen LogP contribution in [-0.2, 0) is 10.0 Å². The predicted molar refractivity (Wildman–Crippen MR) is 97.6 cm³/mol. The Hall–Kier alpha value is -2.41. The van der Waals surface area contributed by atoms with E-state index in [0.717, 1.165) is 11.1 Å². The number of sulfonamides is 1. The third-order valence-corrected chi connectivity index (χ3v) is 5.96. The molecular weight excluding hydrogens is 342 g/mol. The lowest BCUT2D eigenvalue weighted by molar-refractivity contribution is 0.355. The molecule has 0 aliphatic heterocycles. The minimum Gasteiger partial charge on any atom is -0.495 e. The Kier molecular flexibility index (Phi) is 5.47. The van der Waals surface area contributed by atoms with Crippen molar-refractivity contribution in [2.24, 2.45) is 0 Å². The Balaban J connectivity index is 2.55. The van der Waals surface area contributed by atoms with Crippen molar-refractivity contribution in [3.8, 4) is 17.2 Å². The van der Waals surface area contributed by atoms with Gasteiger partial charge in [0, 0.05) is 13.1 Å². The molecule has 0 aliphatic carbocycles. The van der Waals surface area contributed by atoms with Crippen molar-refractivity contribution in [3.05, 3.63) is 41.5 Å². The molecule has 25 heavy (non-hydrogen) atoms. The van der Waals surface area contributed by atoms with Gasteiger partial charge in [0.2, 0.25) is 0 Å². The molecule has 2 aromatic rings. The van der Waals surface area contributed by atoms with Gasteiger partial charge in [-0.1, -0.05) is 0 Å². The van der Waals surface area contributed by atoms with Gasteiger partial charge in [-0.05, 0) is 49.2 Å². The summed E-state index contributed by atoms with van der Waals surface area (Å²) in [7, 11) is 2.17. The number of hydrogen-bond acceptors (Lipinski definition) is 5. The van der Waals surface area contributed by atoms with E-state index >= 15 is 0 Å². The quantitative estimate of drug-likeness (QED) is 0.787. The molecule has 0 fully saturated rings. The Morgan fingerprint density at radius 3 is 1.92 bits per heavy atom. The summed E-state index contributed by atoms with van der Waals surface area (Å²) in [5, 5.41) is 0. The summed E-state index contributed by atoms with van der Waals surface area (Å²) in [6.45, 7) is 3.77. The van der Waals surface area contributed by atoms with Crippen LogP contribution in [0.25, 0.3) is 0 Å². The van der Waals surface area contributed by atoms with Crippen LogP contribution >= 0.6 is 0 Å². The molecule has 0 amide bonds. The third-order valence-electron chi connectivity index (χ3n) is 4.15. The number of benzene rings is 2. The van der Waals surface area contributed by atoms with E-state index in [9.17, 15) is 8.42 Å². The second-order valence-electron chi connectivity index (χ2n) is 5.60. The van der Waals surface area contributed by atoms with E-state index in [4.69, 9.17) is 14.2 Å². The number of nitrogens with zero attached hydrogens (tertiary/aromatic N) is 1. The lowest BCUT2D eigenvalue weighted by Crippen LogP contribution is -2.27. The van der Waals surface area contributed by atoms with Crippen LogP contribution in [0.3, 0.4) is 0 Å². The van der Waals surface area contributed by atoms with Gasteiger partial charge < -0.3 is 14.2 Å². The van der Waals surface area contributed by atoms with Crippen molar-refractivity contribution in [3.63, 3.8) is 0 Å². The number of hydrogen-bond donors (Lipinski definition) is 0. The Morgan fingerprint density at radius 2 is 1.36 bits per heavy atom. The fraction of sp³-hybridized carbons (Fsp3) is 0.333. The first-order chi connectivity index (χ1) is 11.8. The van der Waals surface area contributed by atoms with Crippen molar-refractivity contribution < 1.29 is 22.6 Å². The summed E-state index contributed by atoms with van der Waals surface area (Å²) in [5.41, 5.74) is 2.29. The molecule has 0 spiro atoms. The first-order valence-corrected chi connectivity index (χ1v) is 9.06. The highest BCUT2D eigenvalue weighted by atomic mass is 32.2. The zero-order valence-electron chi connectivity index (χ0n) is 15.3. The monoisotopic (exact) mass is 365 g/mol. The molecule has 6 nitrogen and oxygen atoms in total. The van der Waals surface area contributed by atoms with Crippen molar-refractivity contribution in [1.82, 2.24) is 0 Å². The first-order valence-electron chi connectivity index (χ1n) is 7.62. The summed E-state index contributed by atoms with van der Waals surface area (Å²) in [5.74, 6) is 1.30. The molecule has 0 heterocycles. The van der Waals surface area contributed by atoms with Gasteiger partial charge in [0.1, 0.15) is 10.6 Å². The molecule has 0 aromatic heterocycles. The molecule has 0 atom stereocenters. The molecule has 0 radical (unpaired) electrons. The number of ether oxygens (including phenoxy) is 3. The molecular formula is C18H23NO5S. The van der Waals surface area contributed by atoms with E-state index in [-0.39, 0.29) is 4.90 Å². The Morgan fingerprint density at radius 1 is 0.800 bits per heavy atom. The van der Waals surface area contributed by atoms with E-state index in [2.05, 4.69) is 0 Å². The van der Waals surface area contributed by atoms with Crippen LogP contribution in [0.1, 0.15) is 11.1 Å². The molecule has 2 aromatic carbocycles. The number of rotatable bonds is 6. The van der Waals surface area contributed by atoms with Crippen LogP contribution in [-0.4, -0.2) is 36.8 Å². The van der Waals surface area contributed by atoms with Crippen molar-refractivity contribution >= 4 is 15.7 Å². The lowest BCUT2D eigenvalue weighted by atomic mass is 10.1. The number of methoxy groups -OCH3 is 3. The van der Waals surface area contributed by atoms with Gasteiger partial charge in [-0.15, -0.1) is 0 Å². The van der Waals surface area contributed by atoms with Crippen LogP contribution in [0.15, 0.2) is 35.2 Å². The molecule has 0 saturated carbocycles. The van der Waals surface area contributed by atoms with Crippen LogP contribution in [0.5, 0.6) is 17.2 Å². The average molecular weight is 365 g/mol. The molecule has 2 rings (SSSR count). The second kappa shape index (κ2) is 7.23. The SMILES string of the molecule is COc1ccc(N(C)S(=O)(=O)c2cc(C)c(C)cc2OC)cc1OC. The highest BCUT2D eigenvalue weighted by molar-refractivity contribution is 7.92.